The Bertz CT molecular complexity index is 1220. The molecule has 172 valence electrons. The van der Waals surface area contributed by atoms with Gasteiger partial charge in [0.15, 0.2) is 0 Å². The van der Waals surface area contributed by atoms with Crippen LogP contribution in [0, 0.1) is 6.92 Å². The molecule has 0 unspecified atom stereocenters. The van der Waals surface area contributed by atoms with Gasteiger partial charge in [0.25, 0.3) is 15.9 Å². The van der Waals surface area contributed by atoms with Crippen LogP contribution >= 0.6 is 11.8 Å². The molecule has 1 fully saturated rings. The number of nitrogens with one attached hydrogen (secondary N) is 2. The fraction of sp³-hybridized carbons (Fsp3) is 0.269. The molecule has 0 bridgehead atoms. The van der Waals surface area contributed by atoms with E-state index in [1.54, 1.807) is 24.3 Å². The van der Waals surface area contributed by atoms with Gasteiger partial charge in [0, 0.05) is 21.4 Å². The monoisotopic (exact) mass is 480 g/mol. The van der Waals surface area contributed by atoms with E-state index in [2.05, 4.69) is 10.0 Å². The summed E-state index contributed by atoms with van der Waals surface area (Å²) in [7, 11) is -3.88. The first-order chi connectivity index (χ1) is 15.9. The Kier molecular flexibility index (Phi) is 7.40. The van der Waals surface area contributed by atoms with Crippen LogP contribution in [-0.4, -0.2) is 20.4 Å². The van der Waals surface area contributed by atoms with Gasteiger partial charge in [-0.2, -0.15) is 0 Å². The van der Waals surface area contributed by atoms with Crippen molar-refractivity contribution in [3.05, 3.63) is 83.9 Å². The van der Waals surface area contributed by atoms with Crippen molar-refractivity contribution in [1.82, 2.24) is 5.32 Å². The SMILES string of the molecule is Cc1ccc(S(=O)(=O)Nc2ccccc2Sc2ccccc2)cc1C(=O)NC1CCCCC1. The molecular formula is C26H28N2O3S2. The summed E-state index contributed by atoms with van der Waals surface area (Å²) in [5, 5.41) is 3.08. The van der Waals surface area contributed by atoms with E-state index in [9.17, 15) is 13.2 Å². The number of para-hydroxylation sites is 1. The van der Waals surface area contributed by atoms with Crippen molar-refractivity contribution >= 4 is 33.4 Å². The number of carbonyl (C=O) groups is 1. The molecule has 0 heterocycles. The zero-order chi connectivity index (χ0) is 23.3. The minimum absolute atomic E-state index is 0.0707. The zero-order valence-corrected chi connectivity index (χ0v) is 20.2. The quantitative estimate of drug-likeness (QED) is 0.434. The van der Waals surface area contributed by atoms with Crippen molar-refractivity contribution in [2.75, 3.05) is 4.72 Å². The molecule has 1 aliphatic rings. The van der Waals surface area contributed by atoms with Gasteiger partial charge in [-0.15, -0.1) is 0 Å². The van der Waals surface area contributed by atoms with Crippen LogP contribution in [0.3, 0.4) is 0 Å². The largest absolute Gasteiger partial charge is 0.349 e. The highest BCUT2D eigenvalue weighted by Gasteiger charge is 2.22. The molecule has 4 rings (SSSR count). The van der Waals surface area contributed by atoms with Crippen LogP contribution in [0.1, 0.15) is 48.0 Å². The highest BCUT2D eigenvalue weighted by Crippen LogP contribution is 2.34. The second-order valence-electron chi connectivity index (χ2n) is 8.30. The first kappa shape index (κ1) is 23.4. The molecule has 0 radical (unpaired) electrons. The predicted molar refractivity (Wildman–Crippen MR) is 133 cm³/mol. The third kappa shape index (κ3) is 5.97. The van der Waals surface area contributed by atoms with Crippen LogP contribution in [-0.2, 0) is 10.0 Å². The van der Waals surface area contributed by atoms with Crippen molar-refractivity contribution in [2.24, 2.45) is 0 Å². The molecule has 0 spiro atoms. The Balaban J connectivity index is 1.56. The number of benzene rings is 3. The molecule has 3 aromatic rings. The molecule has 33 heavy (non-hydrogen) atoms. The molecule has 0 atom stereocenters. The third-order valence-corrected chi connectivity index (χ3v) is 8.25. The lowest BCUT2D eigenvalue weighted by Gasteiger charge is -2.23. The summed E-state index contributed by atoms with van der Waals surface area (Å²) < 4.78 is 29.2. The first-order valence-corrected chi connectivity index (χ1v) is 13.5. The van der Waals surface area contributed by atoms with E-state index in [0.29, 0.717) is 11.3 Å². The summed E-state index contributed by atoms with van der Waals surface area (Å²) >= 11 is 1.49. The van der Waals surface area contributed by atoms with E-state index in [0.717, 1.165) is 41.0 Å². The molecule has 3 aromatic carbocycles. The Labute approximate surface area is 200 Å². The first-order valence-electron chi connectivity index (χ1n) is 11.2. The van der Waals surface area contributed by atoms with Gasteiger partial charge in [-0.25, -0.2) is 8.42 Å². The summed E-state index contributed by atoms with van der Waals surface area (Å²) in [6, 6.07) is 22.0. The van der Waals surface area contributed by atoms with Crippen molar-refractivity contribution in [3.8, 4) is 0 Å². The predicted octanol–water partition coefficient (Wildman–Crippen LogP) is 6.01. The summed E-state index contributed by atoms with van der Waals surface area (Å²) in [6.45, 7) is 1.82. The van der Waals surface area contributed by atoms with Gasteiger partial charge in [-0.05, 0) is 61.7 Å². The summed E-state index contributed by atoms with van der Waals surface area (Å²) in [5.41, 5.74) is 1.65. The zero-order valence-electron chi connectivity index (χ0n) is 18.6. The van der Waals surface area contributed by atoms with E-state index < -0.39 is 10.0 Å². The van der Waals surface area contributed by atoms with Crippen molar-refractivity contribution in [2.45, 2.75) is 59.8 Å². The minimum atomic E-state index is -3.88. The molecule has 7 heteroatoms. The average Bonchev–Trinajstić information content (AvgIpc) is 2.81. The van der Waals surface area contributed by atoms with Crippen LogP contribution in [0.4, 0.5) is 5.69 Å². The summed E-state index contributed by atoms with van der Waals surface area (Å²) in [6.07, 6.45) is 5.38. The second kappa shape index (κ2) is 10.4. The Morgan fingerprint density at radius 1 is 0.909 bits per heavy atom. The molecule has 0 aromatic heterocycles. The Morgan fingerprint density at radius 3 is 2.36 bits per heavy atom. The number of anilines is 1. The standard InChI is InChI=1S/C26H28N2O3S2/c1-19-16-17-22(18-23(19)26(29)27-20-10-4-2-5-11-20)33(30,31)28-24-14-8-9-15-25(24)32-21-12-6-3-7-13-21/h3,6-9,12-18,20,28H,2,4-5,10-11H2,1H3,(H,27,29). The van der Waals surface area contributed by atoms with Crippen molar-refractivity contribution < 1.29 is 13.2 Å². The normalized spacial score (nSPS) is 14.6. The van der Waals surface area contributed by atoms with E-state index in [4.69, 9.17) is 0 Å². The number of hydrogen-bond donors (Lipinski definition) is 2. The fourth-order valence-corrected chi connectivity index (χ4v) is 6.08. The Hall–Kier alpha value is -2.77. The highest BCUT2D eigenvalue weighted by molar-refractivity contribution is 7.99. The fourth-order valence-electron chi connectivity index (χ4n) is 3.98. The van der Waals surface area contributed by atoms with Gasteiger partial charge in [0.1, 0.15) is 0 Å². The number of amides is 1. The van der Waals surface area contributed by atoms with Crippen LogP contribution in [0.2, 0.25) is 0 Å². The minimum Gasteiger partial charge on any atom is -0.349 e. The van der Waals surface area contributed by atoms with Crippen LogP contribution < -0.4 is 10.0 Å². The molecule has 1 saturated carbocycles. The molecule has 1 aliphatic carbocycles. The molecule has 0 aliphatic heterocycles. The second-order valence-corrected chi connectivity index (χ2v) is 11.1. The number of aryl methyl sites for hydroxylation is 1. The average molecular weight is 481 g/mol. The van der Waals surface area contributed by atoms with Crippen molar-refractivity contribution in [1.29, 1.82) is 0 Å². The summed E-state index contributed by atoms with van der Waals surface area (Å²) in [4.78, 5) is 14.8. The molecule has 1 amide bonds. The van der Waals surface area contributed by atoms with Crippen molar-refractivity contribution in [3.63, 3.8) is 0 Å². The maximum atomic E-state index is 13.2. The van der Waals surface area contributed by atoms with Crippen LogP contribution in [0.25, 0.3) is 0 Å². The lowest BCUT2D eigenvalue weighted by molar-refractivity contribution is 0.0927. The van der Waals surface area contributed by atoms with E-state index in [-0.39, 0.29) is 16.8 Å². The molecular weight excluding hydrogens is 452 g/mol. The van der Waals surface area contributed by atoms with Crippen LogP contribution in [0.15, 0.2) is 87.5 Å². The summed E-state index contributed by atoms with van der Waals surface area (Å²) in [5.74, 6) is -0.212. The maximum absolute atomic E-state index is 13.2. The van der Waals surface area contributed by atoms with Gasteiger partial charge >= 0.3 is 0 Å². The number of carbonyl (C=O) groups excluding carboxylic acids is 1. The molecule has 5 nitrogen and oxygen atoms in total. The van der Waals surface area contributed by atoms with E-state index >= 15 is 0 Å². The van der Waals surface area contributed by atoms with Crippen LogP contribution in [0.5, 0.6) is 0 Å². The maximum Gasteiger partial charge on any atom is 0.261 e. The lowest BCUT2D eigenvalue weighted by atomic mass is 9.95. The third-order valence-electron chi connectivity index (χ3n) is 5.81. The molecule has 0 saturated heterocycles. The topological polar surface area (TPSA) is 75.3 Å². The highest BCUT2D eigenvalue weighted by atomic mass is 32.2. The number of hydrogen-bond acceptors (Lipinski definition) is 4. The number of sulfonamides is 1. The van der Waals surface area contributed by atoms with Gasteiger partial charge in [0.2, 0.25) is 0 Å². The Morgan fingerprint density at radius 2 is 1.61 bits per heavy atom. The lowest BCUT2D eigenvalue weighted by Crippen LogP contribution is -2.36. The van der Waals surface area contributed by atoms with E-state index in [1.807, 2.05) is 49.4 Å². The van der Waals surface area contributed by atoms with Gasteiger partial charge in [-0.1, -0.05) is 67.4 Å². The number of rotatable bonds is 7. The van der Waals surface area contributed by atoms with Gasteiger partial charge < -0.3 is 5.32 Å². The van der Waals surface area contributed by atoms with Gasteiger partial charge in [-0.3, -0.25) is 9.52 Å². The van der Waals surface area contributed by atoms with E-state index in [1.165, 1.54) is 24.2 Å². The molecule has 2 N–H and O–H groups in total. The smallest absolute Gasteiger partial charge is 0.261 e. The van der Waals surface area contributed by atoms with Gasteiger partial charge in [0.05, 0.1) is 10.6 Å².